The molecule has 5 nitrogen and oxygen atoms in total. The van der Waals surface area contributed by atoms with Crippen molar-refractivity contribution in [2.45, 2.75) is 4.90 Å². The third-order valence-electron chi connectivity index (χ3n) is 2.27. The molecule has 0 aliphatic heterocycles. The largest absolute Gasteiger partial charge is 0.477 e. The number of aromatic carboxylic acids is 1. The Bertz CT molecular complexity index is 772. The van der Waals surface area contributed by atoms with Crippen molar-refractivity contribution < 1.29 is 22.7 Å². The van der Waals surface area contributed by atoms with E-state index in [2.05, 4.69) is 4.72 Å². The van der Waals surface area contributed by atoms with Crippen molar-refractivity contribution in [1.29, 1.82) is 0 Å². The number of carboxylic acids is 1. The molecule has 0 fully saturated rings. The maximum Gasteiger partial charge on any atom is 0.345 e. The Balaban J connectivity index is 2.33. The Hall–Kier alpha value is -1.20. The minimum Gasteiger partial charge on any atom is -0.477 e. The normalized spacial score (nSPS) is 11.3. The molecule has 2 N–H and O–H groups in total. The van der Waals surface area contributed by atoms with Crippen LogP contribution >= 0.6 is 33.9 Å². The van der Waals surface area contributed by atoms with E-state index in [1.165, 1.54) is 17.5 Å². The number of carboxylic acid groups (broad SMARTS) is 1. The van der Waals surface area contributed by atoms with E-state index in [1.54, 1.807) is 22.6 Å². The number of thiophene rings is 1. The number of sulfonamides is 1. The molecule has 0 atom stereocenters. The fourth-order valence-electron chi connectivity index (χ4n) is 1.35. The number of halogens is 2. The summed E-state index contributed by atoms with van der Waals surface area (Å²) in [5, 5.41) is 10.0. The van der Waals surface area contributed by atoms with Gasteiger partial charge in [-0.25, -0.2) is 17.6 Å². The van der Waals surface area contributed by atoms with E-state index in [9.17, 15) is 17.6 Å². The van der Waals surface area contributed by atoms with Gasteiger partial charge >= 0.3 is 5.97 Å². The summed E-state index contributed by atoms with van der Waals surface area (Å²) in [6.07, 6.45) is 0. The number of anilines is 1. The minimum atomic E-state index is -3.89. The Morgan fingerprint density at radius 3 is 2.60 bits per heavy atom. The zero-order chi connectivity index (χ0) is 14.9. The number of benzene rings is 1. The van der Waals surface area contributed by atoms with Gasteiger partial charge in [-0.05, 0) is 46.9 Å². The Labute approximate surface area is 131 Å². The van der Waals surface area contributed by atoms with Crippen molar-refractivity contribution in [3.63, 3.8) is 0 Å². The van der Waals surface area contributed by atoms with Crippen LogP contribution in [0.25, 0.3) is 0 Å². The van der Waals surface area contributed by atoms with Crippen LogP contribution in [0.1, 0.15) is 9.67 Å². The van der Waals surface area contributed by atoms with Crippen molar-refractivity contribution in [3.05, 3.63) is 43.9 Å². The molecule has 2 aromatic rings. The summed E-state index contributed by atoms with van der Waals surface area (Å²) < 4.78 is 39.8. The highest BCUT2D eigenvalue weighted by Gasteiger charge is 2.19. The van der Waals surface area contributed by atoms with Gasteiger partial charge in [0.25, 0.3) is 10.0 Å². The van der Waals surface area contributed by atoms with Gasteiger partial charge in [0.2, 0.25) is 0 Å². The van der Waals surface area contributed by atoms with E-state index in [0.717, 1.165) is 23.5 Å². The molecule has 0 aliphatic carbocycles. The van der Waals surface area contributed by atoms with Gasteiger partial charge < -0.3 is 5.11 Å². The van der Waals surface area contributed by atoms with Crippen LogP contribution in [0.4, 0.5) is 10.1 Å². The summed E-state index contributed by atoms with van der Waals surface area (Å²) >= 11 is 2.62. The van der Waals surface area contributed by atoms with Crippen LogP contribution in [-0.4, -0.2) is 19.5 Å². The predicted molar refractivity (Wildman–Crippen MR) is 81.2 cm³/mol. The molecule has 0 amide bonds. The van der Waals surface area contributed by atoms with Crippen molar-refractivity contribution in [2.75, 3.05) is 4.72 Å². The third-order valence-corrected chi connectivity index (χ3v) is 5.58. The molecule has 1 aromatic carbocycles. The predicted octanol–water partition coefficient (Wildman–Crippen LogP) is 2.99. The first kappa shape index (κ1) is 15.2. The smallest absolute Gasteiger partial charge is 0.345 e. The van der Waals surface area contributed by atoms with Crippen LogP contribution in [0.5, 0.6) is 0 Å². The highest BCUT2D eigenvalue weighted by molar-refractivity contribution is 14.1. The van der Waals surface area contributed by atoms with Crippen molar-refractivity contribution in [3.8, 4) is 0 Å². The van der Waals surface area contributed by atoms with Crippen LogP contribution in [0.15, 0.2) is 34.5 Å². The lowest BCUT2D eigenvalue weighted by Gasteiger charge is -2.08. The molecule has 106 valence electrons. The van der Waals surface area contributed by atoms with Gasteiger partial charge in [0, 0.05) is 8.95 Å². The van der Waals surface area contributed by atoms with E-state index in [1.807, 2.05) is 0 Å². The molecule has 0 saturated heterocycles. The SMILES string of the molecule is O=C(O)c1cc(S(=O)(=O)Nc2ccc(F)cc2I)cs1. The molecule has 0 spiro atoms. The van der Waals surface area contributed by atoms with Gasteiger partial charge in [-0.3, -0.25) is 4.72 Å². The maximum absolute atomic E-state index is 12.9. The average molecular weight is 427 g/mol. The molecule has 2 rings (SSSR count). The Kier molecular flexibility index (Phi) is 4.30. The van der Waals surface area contributed by atoms with E-state index in [-0.39, 0.29) is 15.5 Å². The molecule has 0 saturated carbocycles. The van der Waals surface area contributed by atoms with Gasteiger partial charge in [-0.2, -0.15) is 0 Å². The summed E-state index contributed by atoms with van der Waals surface area (Å²) in [6.45, 7) is 0. The van der Waals surface area contributed by atoms with Gasteiger partial charge in [0.1, 0.15) is 10.7 Å². The molecule has 1 heterocycles. The van der Waals surface area contributed by atoms with E-state index in [0.29, 0.717) is 3.57 Å². The summed E-state index contributed by atoms with van der Waals surface area (Å²) in [5.74, 6) is -1.66. The molecule has 1 aromatic heterocycles. The highest BCUT2D eigenvalue weighted by Crippen LogP contribution is 2.25. The monoisotopic (exact) mass is 427 g/mol. The molecule has 9 heteroatoms. The average Bonchev–Trinajstić information content (AvgIpc) is 2.83. The Morgan fingerprint density at radius 2 is 2.05 bits per heavy atom. The fraction of sp³-hybridized carbons (Fsp3) is 0. The highest BCUT2D eigenvalue weighted by atomic mass is 127. The number of nitrogens with one attached hydrogen (secondary N) is 1. The standard InChI is InChI=1S/C11H7FINO4S2/c12-6-1-2-9(8(13)3-6)14-20(17,18)7-4-10(11(15)16)19-5-7/h1-5,14H,(H,15,16). The number of carbonyl (C=O) groups is 1. The van der Waals surface area contributed by atoms with Crippen LogP contribution in [-0.2, 0) is 10.0 Å². The van der Waals surface area contributed by atoms with Crippen molar-refractivity contribution in [1.82, 2.24) is 0 Å². The number of hydrogen-bond donors (Lipinski definition) is 2. The van der Waals surface area contributed by atoms with Gasteiger partial charge in [-0.15, -0.1) is 11.3 Å². The minimum absolute atomic E-state index is 0.0702. The van der Waals surface area contributed by atoms with Gasteiger partial charge in [0.05, 0.1) is 10.6 Å². The molecular formula is C11H7FINO4S2. The van der Waals surface area contributed by atoms with Crippen LogP contribution in [0.2, 0.25) is 0 Å². The molecule has 0 bridgehead atoms. The van der Waals surface area contributed by atoms with Crippen molar-refractivity contribution in [2.24, 2.45) is 0 Å². The second kappa shape index (κ2) is 5.66. The van der Waals surface area contributed by atoms with Crippen LogP contribution in [0.3, 0.4) is 0 Å². The first-order chi connectivity index (χ1) is 9.29. The lowest BCUT2D eigenvalue weighted by Crippen LogP contribution is -2.13. The van der Waals surface area contributed by atoms with Gasteiger partial charge in [0.15, 0.2) is 0 Å². The molecular weight excluding hydrogens is 420 g/mol. The van der Waals surface area contributed by atoms with Crippen LogP contribution in [0, 0.1) is 9.39 Å². The number of rotatable bonds is 4. The summed E-state index contributed by atoms with van der Waals surface area (Å²) in [6, 6.07) is 4.70. The molecule has 20 heavy (non-hydrogen) atoms. The molecule has 0 unspecified atom stereocenters. The lowest BCUT2D eigenvalue weighted by atomic mass is 10.3. The lowest BCUT2D eigenvalue weighted by molar-refractivity contribution is 0.0702. The summed E-state index contributed by atoms with van der Waals surface area (Å²) in [4.78, 5) is 10.5. The Morgan fingerprint density at radius 1 is 1.35 bits per heavy atom. The zero-order valence-corrected chi connectivity index (χ0v) is 13.4. The van der Waals surface area contributed by atoms with E-state index in [4.69, 9.17) is 5.11 Å². The summed E-state index contributed by atoms with van der Waals surface area (Å²) in [5.41, 5.74) is 0.232. The summed E-state index contributed by atoms with van der Waals surface area (Å²) in [7, 11) is -3.89. The van der Waals surface area contributed by atoms with Gasteiger partial charge in [-0.1, -0.05) is 0 Å². The van der Waals surface area contributed by atoms with Crippen LogP contribution < -0.4 is 4.72 Å². The molecule has 0 radical (unpaired) electrons. The molecule has 0 aliphatic rings. The van der Waals surface area contributed by atoms with E-state index >= 15 is 0 Å². The van der Waals surface area contributed by atoms with Crippen molar-refractivity contribution >= 4 is 55.6 Å². The second-order valence-corrected chi connectivity index (χ2v) is 7.44. The number of hydrogen-bond acceptors (Lipinski definition) is 4. The maximum atomic E-state index is 12.9. The zero-order valence-electron chi connectivity index (χ0n) is 9.63. The third kappa shape index (κ3) is 3.27. The second-order valence-electron chi connectivity index (χ2n) is 3.68. The first-order valence-corrected chi connectivity index (χ1v) is 8.53. The first-order valence-electron chi connectivity index (χ1n) is 5.09. The quantitative estimate of drug-likeness (QED) is 0.736. The van der Waals surface area contributed by atoms with E-state index < -0.39 is 21.8 Å². The topological polar surface area (TPSA) is 83.5 Å². The fourth-order valence-corrected chi connectivity index (χ4v) is 4.33.